The SMILES string of the molecule is COC(=O)C1=C(C(=O)OC)[C@@H](O)C=CC1C[C@@]12C=C[C@@H](O1)C(C(=O)OC)=C2C(=O)OC. The van der Waals surface area contributed by atoms with Crippen LogP contribution in [0.25, 0.3) is 0 Å². The fraction of sp³-hybridized carbons (Fsp3) is 0.429. The van der Waals surface area contributed by atoms with Crippen LogP contribution >= 0.6 is 0 Å². The van der Waals surface area contributed by atoms with Crippen molar-refractivity contribution in [3.05, 3.63) is 46.6 Å². The zero-order valence-electron chi connectivity index (χ0n) is 17.4. The molecule has 1 aliphatic carbocycles. The smallest absolute Gasteiger partial charge is 0.337 e. The quantitative estimate of drug-likeness (QED) is 0.343. The lowest BCUT2D eigenvalue weighted by Crippen LogP contribution is -2.38. The molecule has 0 aromatic heterocycles. The van der Waals surface area contributed by atoms with E-state index in [1.54, 1.807) is 12.2 Å². The second-order valence-corrected chi connectivity index (χ2v) is 7.01. The van der Waals surface area contributed by atoms with Crippen molar-refractivity contribution in [2.75, 3.05) is 28.4 Å². The number of esters is 4. The minimum absolute atomic E-state index is 0.00784. The van der Waals surface area contributed by atoms with E-state index < -0.39 is 47.6 Å². The molecule has 31 heavy (non-hydrogen) atoms. The number of fused-ring (bicyclic) bond motifs is 2. The number of carbonyl (C=O) groups is 4. The average molecular weight is 434 g/mol. The van der Waals surface area contributed by atoms with E-state index in [0.29, 0.717) is 0 Å². The standard InChI is InChI=1S/C21H22O10/c1-27-17(23)13-10(5-6-11(22)14(13)18(24)28-2)9-21-8-7-12(31-21)15(19(25)29-3)16(21)20(26)30-4/h5-8,10-12,22H,9H2,1-4H3/t10?,11-,12+,21+/m0/s1. The lowest BCUT2D eigenvalue weighted by atomic mass is 9.75. The maximum Gasteiger partial charge on any atom is 0.337 e. The summed E-state index contributed by atoms with van der Waals surface area (Å²) < 4.78 is 25.2. The van der Waals surface area contributed by atoms with Crippen LogP contribution in [0, 0.1) is 5.92 Å². The molecular weight excluding hydrogens is 412 g/mol. The monoisotopic (exact) mass is 434 g/mol. The van der Waals surface area contributed by atoms with Crippen LogP contribution in [0.5, 0.6) is 0 Å². The Kier molecular flexibility index (Phi) is 6.14. The molecule has 2 aliphatic heterocycles. The maximum absolute atomic E-state index is 12.6. The number of aliphatic hydroxyl groups is 1. The molecule has 2 bridgehead atoms. The van der Waals surface area contributed by atoms with Gasteiger partial charge in [0.25, 0.3) is 0 Å². The first-order chi connectivity index (χ1) is 14.7. The first kappa shape index (κ1) is 22.4. The average Bonchev–Trinajstić information content (AvgIpc) is 3.33. The van der Waals surface area contributed by atoms with Gasteiger partial charge in [0.1, 0.15) is 17.8 Å². The molecule has 1 unspecified atom stereocenters. The summed E-state index contributed by atoms with van der Waals surface area (Å²) in [4.78, 5) is 49.7. The van der Waals surface area contributed by atoms with Gasteiger partial charge in [-0.2, -0.15) is 0 Å². The number of carbonyl (C=O) groups excluding carboxylic acids is 4. The molecule has 166 valence electrons. The molecular formula is C21H22O10. The second kappa shape index (κ2) is 8.48. The molecule has 0 aromatic rings. The predicted octanol–water partition coefficient (Wildman–Crippen LogP) is -0.0840. The number of hydrogen-bond acceptors (Lipinski definition) is 10. The lowest BCUT2D eigenvalue weighted by Gasteiger charge is -2.32. The van der Waals surface area contributed by atoms with Crippen LogP contribution in [0.3, 0.4) is 0 Å². The van der Waals surface area contributed by atoms with E-state index in [2.05, 4.69) is 0 Å². The Bertz CT molecular complexity index is 953. The van der Waals surface area contributed by atoms with Gasteiger partial charge in [-0.25, -0.2) is 19.2 Å². The molecule has 0 aromatic carbocycles. The van der Waals surface area contributed by atoms with E-state index in [4.69, 9.17) is 23.7 Å². The van der Waals surface area contributed by atoms with Gasteiger partial charge in [0.15, 0.2) is 0 Å². The van der Waals surface area contributed by atoms with Crippen molar-refractivity contribution in [2.45, 2.75) is 24.2 Å². The van der Waals surface area contributed by atoms with Crippen molar-refractivity contribution in [3.8, 4) is 0 Å². The summed E-state index contributed by atoms with van der Waals surface area (Å²) in [7, 11) is 4.60. The van der Waals surface area contributed by atoms with Crippen LogP contribution in [0.1, 0.15) is 6.42 Å². The fourth-order valence-corrected chi connectivity index (χ4v) is 4.15. The number of aliphatic hydroxyl groups excluding tert-OH is 1. The van der Waals surface area contributed by atoms with Crippen molar-refractivity contribution in [1.82, 2.24) is 0 Å². The van der Waals surface area contributed by atoms with Gasteiger partial charge in [0, 0.05) is 5.92 Å². The molecule has 4 atom stereocenters. The number of rotatable bonds is 6. The third kappa shape index (κ3) is 3.57. The molecule has 0 radical (unpaired) electrons. The highest BCUT2D eigenvalue weighted by Gasteiger charge is 2.56. The Labute approximate surface area is 177 Å². The van der Waals surface area contributed by atoms with E-state index >= 15 is 0 Å². The van der Waals surface area contributed by atoms with Crippen LogP contribution < -0.4 is 0 Å². The zero-order chi connectivity index (χ0) is 22.9. The fourth-order valence-electron chi connectivity index (χ4n) is 4.15. The van der Waals surface area contributed by atoms with Gasteiger partial charge in [-0.1, -0.05) is 18.2 Å². The van der Waals surface area contributed by atoms with Crippen LogP contribution in [-0.2, 0) is 42.9 Å². The molecule has 3 aliphatic rings. The van der Waals surface area contributed by atoms with E-state index in [-0.39, 0.29) is 28.7 Å². The molecule has 0 saturated heterocycles. The third-order valence-electron chi connectivity index (χ3n) is 5.47. The summed E-state index contributed by atoms with van der Waals surface area (Å²) in [6.45, 7) is 0. The Balaban J connectivity index is 2.11. The first-order valence-corrected chi connectivity index (χ1v) is 9.30. The van der Waals surface area contributed by atoms with Crippen LogP contribution in [-0.4, -0.2) is 75.2 Å². The number of ether oxygens (including phenoxy) is 5. The van der Waals surface area contributed by atoms with Crippen molar-refractivity contribution in [1.29, 1.82) is 0 Å². The highest BCUT2D eigenvalue weighted by atomic mass is 16.6. The first-order valence-electron chi connectivity index (χ1n) is 9.30. The zero-order valence-corrected chi connectivity index (χ0v) is 17.4. The summed E-state index contributed by atoms with van der Waals surface area (Å²) in [6.07, 6.45) is 3.77. The number of allylic oxidation sites excluding steroid dienone is 1. The Morgan fingerprint density at radius 3 is 1.97 bits per heavy atom. The number of hydrogen-bond donors (Lipinski definition) is 1. The summed E-state index contributed by atoms with van der Waals surface area (Å²) >= 11 is 0. The minimum atomic E-state index is -1.42. The van der Waals surface area contributed by atoms with Gasteiger partial charge in [-0.15, -0.1) is 0 Å². The van der Waals surface area contributed by atoms with Gasteiger partial charge < -0.3 is 28.8 Å². The Morgan fingerprint density at radius 2 is 1.39 bits per heavy atom. The Morgan fingerprint density at radius 1 is 0.839 bits per heavy atom. The maximum atomic E-state index is 12.6. The largest absolute Gasteiger partial charge is 0.466 e. The molecule has 3 rings (SSSR count). The van der Waals surface area contributed by atoms with Gasteiger partial charge in [-0.3, -0.25) is 0 Å². The molecule has 0 spiro atoms. The van der Waals surface area contributed by atoms with Gasteiger partial charge in [0.05, 0.1) is 50.7 Å². The van der Waals surface area contributed by atoms with Crippen molar-refractivity contribution < 1.29 is 48.0 Å². The van der Waals surface area contributed by atoms with Gasteiger partial charge in [-0.05, 0) is 12.5 Å². The highest BCUT2D eigenvalue weighted by molar-refractivity contribution is 6.05. The van der Waals surface area contributed by atoms with Gasteiger partial charge >= 0.3 is 23.9 Å². The molecule has 10 nitrogen and oxygen atoms in total. The lowest BCUT2D eigenvalue weighted by molar-refractivity contribution is -0.141. The van der Waals surface area contributed by atoms with Gasteiger partial charge in [0.2, 0.25) is 0 Å². The summed E-state index contributed by atoms with van der Waals surface area (Å²) in [5, 5.41) is 10.3. The molecule has 0 fully saturated rings. The van der Waals surface area contributed by atoms with E-state index in [0.717, 1.165) is 14.2 Å². The van der Waals surface area contributed by atoms with E-state index in [9.17, 15) is 24.3 Å². The molecule has 1 N–H and O–H groups in total. The normalized spacial score (nSPS) is 28.6. The molecule has 2 heterocycles. The summed E-state index contributed by atoms with van der Waals surface area (Å²) in [5.41, 5.74) is -1.85. The van der Waals surface area contributed by atoms with Crippen molar-refractivity contribution in [3.63, 3.8) is 0 Å². The molecule has 0 saturated carbocycles. The van der Waals surface area contributed by atoms with Crippen molar-refractivity contribution >= 4 is 23.9 Å². The van der Waals surface area contributed by atoms with Crippen molar-refractivity contribution in [2.24, 2.45) is 5.92 Å². The predicted molar refractivity (Wildman–Crippen MR) is 102 cm³/mol. The Hall–Kier alpha value is -3.24. The van der Waals surface area contributed by atoms with Crippen LogP contribution in [0.4, 0.5) is 0 Å². The highest BCUT2D eigenvalue weighted by Crippen LogP contribution is 2.49. The van der Waals surface area contributed by atoms with E-state index in [1.165, 1.54) is 26.4 Å². The van der Waals surface area contributed by atoms with Crippen LogP contribution in [0.15, 0.2) is 46.6 Å². The summed E-state index contributed by atoms with van der Waals surface area (Å²) in [5.74, 6) is -4.09. The van der Waals surface area contributed by atoms with E-state index in [1.807, 2.05) is 0 Å². The topological polar surface area (TPSA) is 135 Å². The second-order valence-electron chi connectivity index (χ2n) is 7.01. The minimum Gasteiger partial charge on any atom is -0.466 e. The van der Waals surface area contributed by atoms with Crippen LogP contribution in [0.2, 0.25) is 0 Å². The molecule has 0 amide bonds. The summed E-state index contributed by atoms with van der Waals surface area (Å²) in [6, 6.07) is 0. The number of methoxy groups -OCH3 is 4. The molecule has 10 heteroatoms. The third-order valence-corrected chi connectivity index (χ3v) is 5.47.